The van der Waals surface area contributed by atoms with Crippen LogP contribution in [0.3, 0.4) is 0 Å². The molecule has 0 heterocycles. The minimum atomic E-state index is -1.62. The van der Waals surface area contributed by atoms with Crippen LogP contribution in [-0.2, 0) is 34.9 Å². The van der Waals surface area contributed by atoms with E-state index in [2.05, 4.69) is 0 Å². The number of benzene rings is 1. The lowest BCUT2D eigenvalue weighted by Crippen LogP contribution is -2.51. The van der Waals surface area contributed by atoms with Crippen LogP contribution in [0.1, 0.15) is 86.6 Å². The first-order valence-electron chi connectivity index (χ1n) is 14.1. The van der Waals surface area contributed by atoms with Crippen LogP contribution in [0.4, 0.5) is 14.4 Å². The summed E-state index contributed by atoms with van der Waals surface area (Å²) in [6.07, 6.45) is -1.36. The predicted molar refractivity (Wildman–Crippen MR) is 153 cm³/mol. The lowest BCUT2D eigenvalue weighted by Gasteiger charge is -2.27. The highest BCUT2D eigenvalue weighted by Crippen LogP contribution is 2.32. The maximum absolute atomic E-state index is 12.7. The Hall–Kier alpha value is -3.54. The van der Waals surface area contributed by atoms with Gasteiger partial charge in [-0.15, -0.1) is 0 Å². The summed E-state index contributed by atoms with van der Waals surface area (Å²) in [5.41, 5.74) is 3.62. The van der Waals surface area contributed by atoms with Gasteiger partial charge in [0.1, 0.15) is 16.7 Å². The number of hydrogen-bond acceptors (Lipinski definition) is 12. The topological polar surface area (TPSA) is 159 Å². The van der Waals surface area contributed by atoms with Gasteiger partial charge >= 0.3 is 24.4 Å². The molecule has 0 saturated heterocycles. The quantitative estimate of drug-likeness (QED) is 0.141. The smallest absolute Gasteiger partial charge is 0.468 e. The van der Waals surface area contributed by atoms with Gasteiger partial charge in [-0.05, 0) is 70.6 Å². The van der Waals surface area contributed by atoms with E-state index in [-0.39, 0.29) is 37.6 Å². The van der Waals surface area contributed by atoms with Crippen molar-refractivity contribution in [2.24, 2.45) is 11.7 Å². The molecule has 0 aliphatic heterocycles. The van der Waals surface area contributed by atoms with Gasteiger partial charge in [-0.1, -0.05) is 33.8 Å². The third-order valence-corrected chi connectivity index (χ3v) is 6.61. The van der Waals surface area contributed by atoms with Crippen molar-refractivity contribution >= 4 is 24.4 Å². The summed E-state index contributed by atoms with van der Waals surface area (Å²) >= 11 is 0. The van der Waals surface area contributed by atoms with Gasteiger partial charge in [0.05, 0.1) is 20.3 Å². The highest BCUT2D eigenvalue weighted by atomic mass is 16.8. The van der Waals surface area contributed by atoms with Gasteiger partial charge in [0.2, 0.25) is 0 Å². The van der Waals surface area contributed by atoms with Crippen molar-refractivity contribution < 1.29 is 52.3 Å². The molecule has 0 spiro atoms. The fourth-order valence-electron chi connectivity index (χ4n) is 3.21. The molecule has 1 atom stereocenters. The number of esters is 1. The van der Waals surface area contributed by atoms with Crippen LogP contribution in [0.15, 0.2) is 18.2 Å². The van der Waals surface area contributed by atoms with Crippen molar-refractivity contribution in [2.75, 3.05) is 20.3 Å². The second kappa shape index (κ2) is 16.2. The molecule has 0 aliphatic rings. The molecule has 12 heteroatoms. The summed E-state index contributed by atoms with van der Waals surface area (Å²) in [7, 11) is 1.19. The third kappa shape index (κ3) is 13.0. The van der Waals surface area contributed by atoms with Crippen molar-refractivity contribution in [1.29, 1.82) is 0 Å². The van der Waals surface area contributed by atoms with Crippen molar-refractivity contribution in [3.63, 3.8) is 0 Å². The van der Waals surface area contributed by atoms with Crippen molar-refractivity contribution in [2.45, 2.75) is 104 Å². The number of carbonyl (C=O) groups excluding carboxylic acids is 4. The van der Waals surface area contributed by atoms with Crippen LogP contribution < -0.4 is 15.2 Å². The first-order valence-corrected chi connectivity index (χ1v) is 14.1. The first-order chi connectivity index (χ1) is 19.5. The molecule has 0 aromatic heterocycles. The lowest BCUT2D eigenvalue weighted by molar-refractivity contribution is -0.147. The van der Waals surface area contributed by atoms with E-state index in [1.807, 2.05) is 27.7 Å². The molecule has 1 aromatic rings. The van der Waals surface area contributed by atoms with E-state index in [9.17, 15) is 19.2 Å². The van der Waals surface area contributed by atoms with Gasteiger partial charge in [-0.2, -0.15) is 0 Å². The maximum atomic E-state index is 12.7. The van der Waals surface area contributed by atoms with E-state index >= 15 is 0 Å². The van der Waals surface area contributed by atoms with Gasteiger partial charge in [0.15, 0.2) is 11.5 Å². The van der Waals surface area contributed by atoms with Crippen molar-refractivity contribution in [1.82, 2.24) is 0 Å². The molecule has 0 aliphatic carbocycles. The fourth-order valence-corrected chi connectivity index (χ4v) is 3.21. The Labute approximate surface area is 248 Å². The number of nitrogens with two attached hydrogens (primary N) is 1. The zero-order valence-electron chi connectivity index (χ0n) is 26.3. The summed E-state index contributed by atoms with van der Waals surface area (Å²) in [4.78, 5) is 49.6. The summed E-state index contributed by atoms with van der Waals surface area (Å²) in [6.45, 7) is 14.6. The standard InChI is InChI=1S/C30H47NO11/c1-10-28(5,6)41-26(34)39-22-13-12-21(18-23(22)40-27(35)42-29(7,8)11-2)19-30(31,24(32)36-9)15-17-38-25(33)37-16-14-20(3)4/h12-13,18,20H,10-11,14-17,19,31H2,1-9H3/t30-/m1/s1. The van der Waals surface area contributed by atoms with Crippen LogP contribution in [0.2, 0.25) is 0 Å². The molecule has 1 aromatic carbocycles. The highest BCUT2D eigenvalue weighted by Gasteiger charge is 2.36. The van der Waals surface area contributed by atoms with Crippen LogP contribution in [0, 0.1) is 5.92 Å². The van der Waals surface area contributed by atoms with Gasteiger partial charge in [0.25, 0.3) is 0 Å². The third-order valence-electron chi connectivity index (χ3n) is 6.61. The van der Waals surface area contributed by atoms with Crippen molar-refractivity contribution in [3.05, 3.63) is 23.8 Å². The highest BCUT2D eigenvalue weighted by molar-refractivity contribution is 5.81. The van der Waals surface area contributed by atoms with Crippen LogP contribution in [0.25, 0.3) is 0 Å². The molecule has 12 nitrogen and oxygen atoms in total. The number of carbonyl (C=O) groups is 4. The largest absolute Gasteiger partial charge is 0.514 e. The van der Waals surface area contributed by atoms with Crippen LogP contribution in [0.5, 0.6) is 11.5 Å². The van der Waals surface area contributed by atoms with E-state index in [1.54, 1.807) is 27.7 Å². The molecule has 1 rings (SSSR count). The minimum absolute atomic E-state index is 0.0987. The average Bonchev–Trinajstić information content (AvgIpc) is 2.88. The zero-order chi connectivity index (χ0) is 32.1. The van der Waals surface area contributed by atoms with E-state index in [0.29, 0.717) is 30.7 Å². The predicted octanol–water partition coefficient (Wildman–Crippen LogP) is 6.10. The molecular weight excluding hydrogens is 550 g/mol. The monoisotopic (exact) mass is 597 g/mol. The Morgan fingerprint density at radius 2 is 1.33 bits per heavy atom. The maximum Gasteiger partial charge on any atom is 0.514 e. The molecule has 0 amide bonds. The van der Waals surface area contributed by atoms with E-state index < -0.39 is 41.2 Å². The zero-order valence-corrected chi connectivity index (χ0v) is 26.3. The Balaban J connectivity index is 3.19. The van der Waals surface area contributed by atoms with E-state index in [4.69, 9.17) is 38.9 Å². The Morgan fingerprint density at radius 3 is 1.83 bits per heavy atom. The second-order valence-corrected chi connectivity index (χ2v) is 11.6. The summed E-state index contributed by atoms with van der Waals surface area (Å²) in [5.74, 6) is -0.673. The van der Waals surface area contributed by atoms with Gasteiger partial charge in [-0.3, -0.25) is 4.79 Å². The van der Waals surface area contributed by atoms with E-state index in [1.165, 1.54) is 25.3 Å². The first kappa shape index (κ1) is 36.5. The van der Waals surface area contributed by atoms with E-state index in [0.717, 1.165) is 0 Å². The molecule has 238 valence electrons. The molecule has 2 N–H and O–H groups in total. The van der Waals surface area contributed by atoms with Gasteiger partial charge in [0, 0.05) is 12.8 Å². The number of methoxy groups -OCH3 is 1. The number of rotatable bonds is 15. The van der Waals surface area contributed by atoms with Gasteiger partial charge in [-0.25, -0.2) is 14.4 Å². The molecular formula is C30H47NO11. The SMILES string of the molecule is CCC(C)(C)OC(=O)Oc1ccc(C[C@](N)(CCOC(=O)OCCC(C)C)C(=O)OC)cc1OC(=O)OC(C)(C)CC. The van der Waals surface area contributed by atoms with Crippen LogP contribution >= 0.6 is 0 Å². The molecule has 0 fully saturated rings. The normalized spacial score (nSPS) is 13.0. The molecule has 0 unspecified atom stereocenters. The Kier molecular flexibility index (Phi) is 14.1. The van der Waals surface area contributed by atoms with Gasteiger partial charge < -0.3 is 38.9 Å². The summed E-state index contributed by atoms with van der Waals surface area (Å²) in [5, 5.41) is 0. The summed E-state index contributed by atoms with van der Waals surface area (Å²) < 4.78 is 36.5. The fraction of sp³-hybridized carbons (Fsp3) is 0.667. The number of ether oxygens (including phenoxy) is 7. The van der Waals surface area contributed by atoms with Crippen LogP contribution in [-0.4, -0.2) is 61.5 Å². The molecule has 42 heavy (non-hydrogen) atoms. The average molecular weight is 598 g/mol. The minimum Gasteiger partial charge on any atom is -0.468 e. The summed E-state index contributed by atoms with van der Waals surface area (Å²) in [6, 6.07) is 4.30. The lowest BCUT2D eigenvalue weighted by atomic mass is 9.88. The second-order valence-electron chi connectivity index (χ2n) is 11.6. The molecule has 0 bridgehead atoms. The molecule has 0 radical (unpaired) electrons. The Morgan fingerprint density at radius 1 is 0.810 bits per heavy atom. The van der Waals surface area contributed by atoms with Crippen molar-refractivity contribution in [3.8, 4) is 11.5 Å². The number of hydrogen-bond donors (Lipinski definition) is 1. The molecule has 0 saturated carbocycles. The Bertz CT molecular complexity index is 1070.